The number of aromatic nitrogens is 2. The fraction of sp³-hybridized carbons (Fsp3) is 0.143. The molecule has 5 aromatic rings. The van der Waals surface area contributed by atoms with Crippen molar-refractivity contribution in [3.8, 4) is 22.6 Å². The highest BCUT2D eigenvalue weighted by molar-refractivity contribution is 5.90. The minimum absolute atomic E-state index is 0.146. The Morgan fingerprint density at radius 3 is 2.26 bits per heavy atom. The number of nitrogens with zero attached hydrogens (tertiary/aromatic N) is 2. The zero-order valence-corrected chi connectivity index (χ0v) is 19.6. The molecule has 35 heavy (non-hydrogen) atoms. The van der Waals surface area contributed by atoms with Gasteiger partial charge in [0, 0.05) is 30.0 Å². The Labute approximate surface area is 203 Å². The number of methoxy groups -OCH3 is 2. The summed E-state index contributed by atoms with van der Waals surface area (Å²) < 4.78 is 17.5. The van der Waals surface area contributed by atoms with Crippen molar-refractivity contribution in [3.05, 3.63) is 95.4 Å². The fourth-order valence-electron chi connectivity index (χ4n) is 4.26. The maximum Gasteiger partial charge on any atom is 0.221 e. The van der Waals surface area contributed by atoms with Crippen molar-refractivity contribution < 1.29 is 13.9 Å². The van der Waals surface area contributed by atoms with Gasteiger partial charge in [-0.05, 0) is 34.4 Å². The third-order valence-electron chi connectivity index (χ3n) is 6.03. The van der Waals surface area contributed by atoms with Crippen LogP contribution in [-0.4, -0.2) is 24.2 Å². The Hall–Kier alpha value is -4.52. The van der Waals surface area contributed by atoms with Crippen molar-refractivity contribution in [3.63, 3.8) is 0 Å². The van der Waals surface area contributed by atoms with Crippen molar-refractivity contribution in [2.24, 2.45) is 0 Å². The van der Waals surface area contributed by atoms with Crippen LogP contribution < -0.4 is 20.9 Å². The van der Waals surface area contributed by atoms with E-state index < -0.39 is 0 Å². The molecular formula is C28H26N4O3. The zero-order chi connectivity index (χ0) is 24.4. The Kier molecular flexibility index (Phi) is 5.97. The van der Waals surface area contributed by atoms with Gasteiger partial charge in [0.2, 0.25) is 11.7 Å². The maximum atomic E-state index is 6.29. The number of benzene rings is 3. The monoisotopic (exact) mass is 466 g/mol. The SMILES string of the molecule is COc1cc(Cc2cnc(N)nc2N)c2cc(Cc3ccc(-c4ccccc4)cc3)oc2c1OC. The molecule has 0 saturated carbocycles. The average molecular weight is 467 g/mol. The van der Waals surface area contributed by atoms with Crippen LogP contribution in [0, 0.1) is 0 Å². The van der Waals surface area contributed by atoms with E-state index >= 15 is 0 Å². The van der Waals surface area contributed by atoms with Crippen LogP contribution in [0.2, 0.25) is 0 Å². The summed E-state index contributed by atoms with van der Waals surface area (Å²) in [5.74, 6) is 2.45. The number of nitrogen functional groups attached to an aromatic ring is 2. The van der Waals surface area contributed by atoms with Gasteiger partial charge in [0.1, 0.15) is 11.6 Å². The summed E-state index contributed by atoms with van der Waals surface area (Å²) in [6.07, 6.45) is 2.78. The van der Waals surface area contributed by atoms with Gasteiger partial charge in [0.05, 0.1) is 14.2 Å². The molecule has 3 aromatic carbocycles. The van der Waals surface area contributed by atoms with Gasteiger partial charge < -0.3 is 25.4 Å². The van der Waals surface area contributed by atoms with Crippen molar-refractivity contribution in [1.82, 2.24) is 9.97 Å². The molecule has 2 aromatic heterocycles. The highest BCUT2D eigenvalue weighted by Gasteiger charge is 2.20. The van der Waals surface area contributed by atoms with Crippen LogP contribution >= 0.6 is 0 Å². The van der Waals surface area contributed by atoms with Gasteiger partial charge in [-0.15, -0.1) is 0 Å². The molecule has 0 bridgehead atoms. The van der Waals surface area contributed by atoms with Gasteiger partial charge in [-0.3, -0.25) is 0 Å². The molecule has 0 aliphatic heterocycles. The molecule has 0 aliphatic rings. The van der Waals surface area contributed by atoms with Crippen LogP contribution in [0.3, 0.4) is 0 Å². The van der Waals surface area contributed by atoms with E-state index in [4.69, 9.17) is 25.4 Å². The summed E-state index contributed by atoms with van der Waals surface area (Å²) in [7, 11) is 3.21. The average Bonchev–Trinajstić information content (AvgIpc) is 3.30. The molecule has 7 heteroatoms. The van der Waals surface area contributed by atoms with Gasteiger partial charge >= 0.3 is 0 Å². The van der Waals surface area contributed by atoms with E-state index in [-0.39, 0.29) is 5.95 Å². The Morgan fingerprint density at radius 2 is 1.57 bits per heavy atom. The number of ether oxygens (including phenoxy) is 2. The topological polar surface area (TPSA) is 109 Å². The molecule has 2 heterocycles. The van der Waals surface area contributed by atoms with Crippen LogP contribution in [0.25, 0.3) is 22.1 Å². The lowest BCUT2D eigenvalue weighted by atomic mass is 10.0. The highest BCUT2D eigenvalue weighted by Crippen LogP contribution is 2.41. The number of fused-ring (bicyclic) bond motifs is 1. The predicted molar refractivity (Wildman–Crippen MR) is 138 cm³/mol. The number of rotatable bonds is 7. The second-order valence-corrected chi connectivity index (χ2v) is 8.28. The molecule has 0 aliphatic carbocycles. The first kappa shape index (κ1) is 22.3. The van der Waals surface area contributed by atoms with Crippen LogP contribution in [-0.2, 0) is 12.8 Å². The first-order chi connectivity index (χ1) is 17.1. The molecule has 0 fully saturated rings. The number of anilines is 2. The molecular weight excluding hydrogens is 440 g/mol. The normalized spacial score (nSPS) is 11.0. The van der Waals surface area contributed by atoms with Gasteiger partial charge in [0.15, 0.2) is 11.3 Å². The molecule has 7 nitrogen and oxygen atoms in total. The molecule has 0 atom stereocenters. The number of hydrogen-bond donors (Lipinski definition) is 2. The van der Waals surface area contributed by atoms with Crippen molar-refractivity contribution in [1.29, 1.82) is 0 Å². The number of nitrogens with two attached hydrogens (primary N) is 2. The van der Waals surface area contributed by atoms with Gasteiger partial charge in [-0.25, -0.2) is 4.98 Å². The minimum atomic E-state index is 0.146. The fourth-order valence-corrected chi connectivity index (χ4v) is 4.26. The van der Waals surface area contributed by atoms with E-state index in [1.807, 2.05) is 30.3 Å². The zero-order valence-electron chi connectivity index (χ0n) is 19.6. The molecule has 4 N–H and O–H groups in total. The summed E-state index contributed by atoms with van der Waals surface area (Å²) >= 11 is 0. The summed E-state index contributed by atoms with van der Waals surface area (Å²) in [5.41, 5.74) is 17.6. The van der Waals surface area contributed by atoms with Gasteiger partial charge in [-0.2, -0.15) is 4.98 Å². The Balaban J connectivity index is 1.50. The van der Waals surface area contributed by atoms with E-state index in [1.165, 1.54) is 11.1 Å². The number of hydrogen-bond acceptors (Lipinski definition) is 7. The molecule has 0 radical (unpaired) electrons. The molecule has 0 amide bonds. The smallest absolute Gasteiger partial charge is 0.221 e. The third-order valence-corrected chi connectivity index (χ3v) is 6.03. The summed E-state index contributed by atoms with van der Waals surface area (Å²) in [5, 5.41) is 0.926. The molecule has 5 rings (SSSR count). The van der Waals surface area contributed by atoms with Crippen molar-refractivity contribution in [2.45, 2.75) is 12.8 Å². The summed E-state index contributed by atoms with van der Waals surface area (Å²) in [6.45, 7) is 0. The third kappa shape index (κ3) is 4.48. The largest absolute Gasteiger partial charge is 0.493 e. The minimum Gasteiger partial charge on any atom is -0.493 e. The quantitative estimate of drug-likeness (QED) is 0.337. The van der Waals surface area contributed by atoms with E-state index in [1.54, 1.807) is 20.4 Å². The molecule has 0 saturated heterocycles. The summed E-state index contributed by atoms with van der Waals surface area (Å²) in [4.78, 5) is 8.17. The Morgan fingerprint density at radius 1 is 0.829 bits per heavy atom. The van der Waals surface area contributed by atoms with Gasteiger partial charge in [0.25, 0.3) is 0 Å². The van der Waals surface area contributed by atoms with E-state index in [9.17, 15) is 0 Å². The first-order valence-electron chi connectivity index (χ1n) is 11.2. The summed E-state index contributed by atoms with van der Waals surface area (Å²) in [6, 6.07) is 22.8. The molecule has 0 unspecified atom stereocenters. The second kappa shape index (κ2) is 9.38. The second-order valence-electron chi connectivity index (χ2n) is 8.28. The first-order valence-corrected chi connectivity index (χ1v) is 11.2. The predicted octanol–water partition coefficient (Wildman–Crippen LogP) is 5.25. The van der Waals surface area contributed by atoms with Crippen molar-refractivity contribution in [2.75, 3.05) is 25.7 Å². The standard InChI is InChI=1S/C28H26N4O3/c1-33-24-14-20(13-21-16-31-28(30)32-27(21)29)23-15-22(35-25(23)26(24)34-2)12-17-8-10-19(11-9-17)18-6-4-3-5-7-18/h3-11,14-16H,12-13H2,1-2H3,(H4,29,30,31,32). The van der Waals surface area contributed by atoms with E-state index in [0.29, 0.717) is 35.7 Å². The lowest BCUT2D eigenvalue weighted by Crippen LogP contribution is -2.04. The van der Waals surface area contributed by atoms with E-state index in [2.05, 4.69) is 46.4 Å². The lowest BCUT2D eigenvalue weighted by molar-refractivity contribution is 0.352. The molecule has 176 valence electrons. The van der Waals surface area contributed by atoms with E-state index in [0.717, 1.165) is 27.8 Å². The van der Waals surface area contributed by atoms with Crippen LogP contribution in [0.5, 0.6) is 11.5 Å². The highest BCUT2D eigenvalue weighted by atomic mass is 16.5. The van der Waals surface area contributed by atoms with Crippen LogP contribution in [0.1, 0.15) is 22.5 Å². The van der Waals surface area contributed by atoms with Crippen LogP contribution in [0.4, 0.5) is 11.8 Å². The Bertz CT molecular complexity index is 1480. The van der Waals surface area contributed by atoms with Gasteiger partial charge in [-0.1, -0.05) is 54.6 Å². The van der Waals surface area contributed by atoms with Crippen LogP contribution in [0.15, 0.2) is 77.3 Å². The lowest BCUT2D eigenvalue weighted by Gasteiger charge is -2.12. The molecule has 0 spiro atoms. The number of furan rings is 1. The van der Waals surface area contributed by atoms with Crippen molar-refractivity contribution >= 4 is 22.7 Å². The maximum absolute atomic E-state index is 6.29.